The molecule has 0 spiro atoms. The van der Waals surface area contributed by atoms with Crippen LogP contribution in [0.25, 0.3) is 0 Å². The summed E-state index contributed by atoms with van der Waals surface area (Å²) in [5, 5.41) is 2.87. The first-order valence-electron chi connectivity index (χ1n) is 9.53. The van der Waals surface area contributed by atoms with Gasteiger partial charge in [-0.15, -0.1) is 0 Å². The lowest BCUT2D eigenvalue weighted by atomic mass is 9.95. The summed E-state index contributed by atoms with van der Waals surface area (Å²) in [6.45, 7) is 11.6. The smallest absolute Gasteiger partial charge is 0.411 e. The SMILES string of the molecule is C=CC(=O)N(CC)CC(=O)N1CC[C@@H]2[C@H](C1)NC(=O)CN2C(=O)OC(C)(C)C. The largest absolute Gasteiger partial charge is 0.444 e. The van der Waals surface area contributed by atoms with E-state index in [4.69, 9.17) is 4.74 Å². The highest BCUT2D eigenvalue weighted by Crippen LogP contribution is 2.23. The highest BCUT2D eigenvalue weighted by atomic mass is 16.6. The summed E-state index contributed by atoms with van der Waals surface area (Å²) < 4.78 is 5.43. The molecule has 2 aliphatic rings. The maximum absolute atomic E-state index is 12.6. The Hall–Kier alpha value is -2.58. The Morgan fingerprint density at radius 1 is 1.36 bits per heavy atom. The maximum atomic E-state index is 12.6. The number of piperazine rings is 1. The molecule has 0 bridgehead atoms. The third kappa shape index (κ3) is 5.24. The Balaban J connectivity index is 2.04. The molecule has 2 saturated heterocycles. The third-order valence-corrected chi connectivity index (χ3v) is 4.81. The molecule has 0 radical (unpaired) electrons. The first kappa shape index (κ1) is 21.7. The molecule has 28 heavy (non-hydrogen) atoms. The van der Waals surface area contributed by atoms with Gasteiger partial charge in [0.05, 0.1) is 18.6 Å². The summed E-state index contributed by atoms with van der Waals surface area (Å²) >= 11 is 0. The second-order valence-corrected chi connectivity index (χ2v) is 8.03. The van der Waals surface area contributed by atoms with Gasteiger partial charge in [-0.05, 0) is 40.2 Å². The first-order chi connectivity index (χ1) is 13.1. The number of hydrogen-bond donors (Lipinski definition) is 1. The van der Waals surface area contributed by atoms with Crippen LogP contribution in [0.3, 0.4) is 0 Å². The van der Waals surface area contributed by atoms with Crippen molar-refractivity contribution in [2.75, 3.05) is 32.7 Å². The quantitative estimate of drug-likeness (QED) is 0.694. The fraction of sp³-hybridized carbons (Fsp3) is 0.684. The standard InChI is InChI=1S/C19H30N4O5/c1-6-16(25)21(7-2)12-17(26)22-9-8-14-13(10-22)20-15(24)11-23(14)18(27)28-19(3,4)5/h6,13-14H,1,7-12H2,2-5H3,(H,20,24)/t13-,14+/m0/s1. The molecule has 0 aromatic carbocycles. The van der Waals surface area contributed by atoms with E-state index in [1.165, 1.54) is 15.9 Å². The van der Waals surface area contributed by atoms with Crippen LogP contribution in [0.15, 0.2) is 12.7 Å². The van der Waals surface area contributed by atoms with Gasteiger partial charge in [-0.1, -0.05) is 6.58 Å². The Morgan fingerprint density at radius 3 is 2.61 bits per heavy atom. The predicted octanol–water partition coefficient (Wildman–Crippen LogP) is 0.357. The van der Waals surface area contributed by atoms with Crippen molar-refractivity contribution < 1.29 is 23.9 Å². The van der Waals surface area contributed by atoms with Crippen LogP contribution < -0.4 is 5.32 Å². The van der Waals surface area contributed by atoms with E-state index < -0.39 is 11.7 Å². The maximum Gasteiger partial charge on any atom is 0.411 e. The molecular formula is C19H30N4O5. The molecule has 4 amide bonds. The van der Waals surface area contributed by atoms with Gasteiger partial charge in [0.2, 0.25) is 17.7 Å². The van der Waals surface area contributed by atoms with E-state index in [-0.39, 0.29) is 49.4 Å². The van der Waals surface area contributed by atoms with Crippen molar-refractivity contribution in [3.63, 3.8) is 0 Å². The van der Waals surface area contributed by atoms with E-state index in [1.807, 2.05) is 0 Å². The van der Waals surface area contributed by atoms with E-state index in [1.54, 1.807) is 32.6 Å². The van der Waals surface area contributed by atoms with Gasteiger partial charge in [-0.3, -0.25) is 19.3 Å². The van der Waals surface area contributed by atoms with Gasteiger partial charge in [0.1, 0.15) is 12.1 Å². The number of carbonyl (C=O) groups excluding carboxylic acids is 4. The molecule has 9 nitrogen and oxygen atoms in total. The van der Waals surface area contributed by atoms with Gasteiger partial charge in [-0.25, -0.2) is 4.79 Å². The Morgan fingerprint density at radius 2 is 2.04 bits per heavy atom. The van der Waals surface area contributed by atoms with Crippen LogP contribution in [0.4, 0.5) is 4.79 Å². The van der Waals surface area contributed by atoms with Crippen LogP contribution in [0.2, 0.25) is 0 Å². The summed E-state index contributed by atoms with van der Waals surface area (Å²) in [6, 6.07) is -0.592. The number of hydrogen-bond acceptors (Lipinski definition) is 5. The van der Waals surface area contributed by atoms with Gasteiger partial charge < -0.3 is 19.9 Å². The molecule has 2 fully saturated rings. The minimum Gasteiger partial charge on any atom is -0.444 e. The number of nitrogens with one attached hydrogen (secondary N) is 1. The number of ether oxygens (including phenoxy) is 1. The molecule has 9 heteroatoms. The van der Waals surface area contributed by atoms with E-state index in [0.717, 1.165) is 0 Å². The van der Waals surface area contributed by atoms with Crippen molar-refractivity contribution in [3.05, 3.63) is 12.7 Å². The molecule has 0 aromatic rings. The number of nitrogens with zero attached hydrogens (tertiary/aromatic N) is 3. The molecule has 1 N–H and O–H groups in total. The molecule has 2 heterocycles. The number of amides is 4. The number of fused-ring (bicyclic) bond motifs is 1. The predicted molar refractivity (Wildman–Crippen MR) is 102 cm³/mol. The van der Waals surface area contributed by atoms with Crippen molar-refractivity contribution in [1.82, 2.24) is 20.0 Å². The Labute approximate surface area is 165 Å². The van der Waals surface area contributed by atoms with Crippen LogP contribution in [0, 0.1) is 0 Å². The number of likely N-dealkylation sites (tertiary alicyclic amines) is 1. The van der Waals surface area contributed by atoms with Crippen molar-refractivity contribution in [2.45, 2.75) is 51.8 Å². The molecule has 2 rings (SSSR count). The van der Waals surface area contributed by atoms with Gasteiger partial charge in [0.25, 0.3) is 0 Å². The van der Waals surface area contributed by atoms with Crippen molar-refractivity contribution in [1.29, 1.82) is 0 Å². The van der Waals surface area contributed by atoms with Crippen LogP contribution in [0.5, 0.6) is 0 Å². The summed E-state index contributed by atoms with van der Waals surface area (Å²) in [6.07, 6.45) is 1.19. The van der Waals surface area contributed by atoms with Crippen LogP contribution in [-0.2, 0) is 19.1 Å². The highest BCUT2D eigenvalue weighted by Gasteiger charge is 2.43. The zero-order valence-electron chi connectivity index (χ0n) is 17.1. The molecule has 156 valence electrons. The lowest BCUT2D eigenvalue weighted by Gasteiger charge is -2.47. The Bertz CT molecular complexity index is 657. The van der Waals surface area contributed by atoms with E-state index >= 15 is 0 Å². The molecule has 0 aliphatic carbocycles. The number of carbonyl (C=O) groups is 4. The van der Waals surface area contributed by atoms with Crippen LogP contribution in [0.1, 0.15) is 34.1 Å². The van der Waals surface area contributed by atoms with E-state index in [9.17, 15) is 19.2 Å². The normalized spacial score (nSPS) is 22.1. The average molecular weight is 394 g/mol. The summed E-state index contributed by atoms with van der Waals surface area (Å²) in [7, 11) is 0. The fourth-order valence-electron chi connectivity index (χ4n) is 3.46. The number of piperidine rings is 1. The minimum absolute atomic E-state index is 0.0392. The molecule has 0 aromatic heterocycles. The van der Waals surface area contributed by atoms with E-state index in [2.05, 4.69) is 11.9 Å². The third-order valence-electron chi connectivity index (χ3n) is 4.81. The first-order valence-corrected chi connectivity index (χ1v) is 9.53. The number of rotatable bonds is 4. The van der Waals surface area contributed by atoms with Gasteiger partial charge >= 0.3 is 6.09 Å². The molecule has 0 unspecified atom stereocenters. The van der Waals surface area contributed by atoms with Gasteiger partial charge in [0, 0.05) is 19.6 Å². The highest BCUT2D eigenvalue weighted by molar-refractivity contribution is 5.91. The topological polar surface area (TPSA) is 99.3 Å². The van der Waals surface area contributed by atoms with Crippen molar-refractivity contribution in [2.24, 2.45) is 0 Å². The molecule has 2 atom stereocenters. The monoisotopic (exact) mass is 394 g/mol. The Kier molecular flexibility index (Phi) is 6.69. The second kappa shape index (κ2) is 8.62. The van der Waals surface area contributed by atoms with Crippen molar-refractivity contribution >= 4 is 23.8 Å². The molecule has 0 saturated carbocycles. The van der Waals surface area contributed by atoms with Gasteiger partial charge in [-0.2, -0.15) is 0 Å². The van der Waals surface area contributed by atoms with Crippen LogP contribution >= 0.6 is 0 Å². The lowest BCUT2D eigenvalue weighted by Crippen LogP contribution is -2.68. The summed E-state index contributed by atoms with van der Waals surface area (Å²) in [5.41, 5.74) is -0.654. The van der Waals surface area contributed by atoms with Crippen molar-refractivity contribution in [3.8, 4) is 0 Å². The van der Waals surface area contributed by atoms with Crippen LogP contribution in [-0.4, -0.2) is 88.9 Å². The fourth-order valence-corrected chi connectivity index (χ4v) is 3.46. The minimum atomic E-state index is -0.654. The molecule has 2 aliphatic heterocycles. The number of likely N-dealkylation sites (N-methyl/N-ethyl adjacent to an activating group) is 1. The van der Waals surface area contributed by atoms with Gasteiger partial charge in [0.15, 0.2) is 0 Å². The summed E-state index contributed by atoms with van der Waals surface area (Å²) in [5.74, 6) is -0.773. The summed E-state index contributed by atoms with van der Waals surface area (Å²) in [4.78, 5) is 53.5. The molecular weight excluding hydrogens is 364 g/mol. The van der Waals surface area contributed by atoms with E-state index in [0.29, 0.717) is 19.5 Å². The second-order valence-electron chi connectivity index (χ2n) is 8.03. The average Bonchev–Trinajstić information content (AvgIpc) is 2.62. The zero-order valence-corrected chi connectivity index (χ0v) is 17.1. The lowest BCUT2D eigenvalue weighted by molar-refractivity contribution is -0.141. The zero-order chi connectivity index (χ0) is 21.1.